The molecular weight excluding hydrogens is 288 g/mol. The van der Waals surface area contributed by atoms with Crippen LogP contribution in [0.25, 0.3) is 22.6 Å². The Bertz CT molecular complexity index is 832. The van der Waals surface area contributed by atoms with Gasteiger partial charge in [0.15, 0.2) is 5.58 Å². The van der Waals surface area contributed by atoms with Crippen molar-refractivity contribution in [2.75, 3.05) is 5.32 Å². The number of anilines is 1. The van der Waals surface area contributed by atoms with Crippen molar-refractivity contribution in [3.63, 3.8) is 0 Å². The van der Waals surface area contributed by atoms with Crippen molar-refractivity contribution in [3.05, 3.63) is 48.0 Å². The predicted molar refractivity (Wildman–Crippen MR) is 92.3 cm³/mol. The number of benzene rings is 2. The molecule has 1 amide bonds. The Morgan fingerprint density at radius 1 is 1.17 bits per heavy atom. The van der Waals surface area contributed by atoms with Gasteiger partial charge in [0.1, 0.15) is 5.52 Å². The average molecular weight is 308 g/mol. The van der Waals surface area contributed by atoms with E-state index >= 15 is 0 Å². The number of carbonyl (C=O) groups is 1. The first-order chi connectivity index (χ1) is 11.0. The van der Waals surface area contributed by atoms with Crippen molar-refractivity contribution >= 4 is 22.7 Å². The fourth-order valence-electron chi connectivity index (χ4n) is 2.41. The molecule has 1 N–H and O–H groups in total. The molecular formula is C19H20N2O2. The summed E-state index contributed by atoms with van der Waals surface area (Å²) in [5.74, 6) is 0.936. The minimum Gasteiger partial charge on any atom is -0.436 e. The Morgan fingerprint density at radius 3 is 2.61 bits per heavy atom. The monoisotopic (exact) mass is 308 g/mol. The van der Waals surface area contributed by atoms with Gasteiger partial charge in [-0.25, -0.2) is 4.98 Å². The molecule has 0 aliphatic rings. The molecule has 3 aromatic rings. The molecule has 3 rings (SSSR count). The van der Waals surface area contributed by atoms with E-state index in [0.29, 0.717) is 23.8 Å². The van der Waals surface area contributed by atoms with Crippen LogP contribution in [0.4, 0.5) is 5.69 Å². The molecule has 0 unspecified atom stereocenters. The molecule has 0 bridgehead atoms. The Labute approximate surface area is 135 Å². The lowest BCUT2D eigenvalue weighted by atomic mass is 10.1. The van der Waals surface area contributed by atoms with Crippen LogP contribution in [0.3, 0.4) is 0 Å². The highest BCUT2D eigenvalue weighted by Crippen LogP contribution is 2.26. The highest BCUT2D eigenvalue weighted by Gasteiger charge is 2.10. The van der Waals surface area contributed by atoms with Crippen LogP contribution < -0.4 is 5.32 Å². The van der Waals surface area contributed by atoms with Crippen LogP contribution in [-0.4, -0.2) is 10.9 Å². The van der Waals surface area contributed by atoms with Gasteiger partial charge >= 0.3 is 0 Å². The van der Waals surface area contributed by atoms with E-state index in [0.717, 1.165) is 16.8 Å². The minimum atomic E-state index is 0.0154. The van der Waals surface area contributed by atoms with Crippen molar-refractivity contribution < 1.29 is 9.21 Å². The fraction of sp³-hybridized carbons (Fsp3) is 0.263. The first-order valence-corrected chi connectivity index (χ1v) is 7.79. The number of hydrogen-bond donors (Lipinski definition) is 1. The van der Waals surface area contributed by atoms with Gasteiger partial charge in [-0.05, 0) is 43.2 Å². The second kappa shape index (κ2) is 6.24. The van der Waals surface area contributed by atoms with E-state index < -0.39 is 0 Å². The highest BCUT2D eigenvalue weighted by atomic mass is 16.3. The van der Waals surface area contributed by atoms with Crippen molar-refractivity contribution in [1.82, 2.24) is 4.98 Å². The summed E-state index contributed by atoms with van der Waals surface area (Å²) in [4.78, 5) is 16.4. The van der Waals surface area contributed by atoms with Crippen LogP contribution >= 0.6 is 0 Å². The van der Waals surface area contributed by atoms with Crippen LogP contribution in [0.1, 0.15) is 25.8 Å². The van der Waals surface area contributed by atoms with Gasteiger partial charge in [0, 0.05) is 17.7 Å². The van der Waals surface area contributed by atoms with Gasteiger partial charge in [0.2, 0.25) is 11.8 Å². The van der Waals surface area contributed by atoms with Gasteiger partial charge in [-0.1, -0.05) is 31.5 Å². The van der Waals surface area contributed by atoms with Gasteiger partial charge in [0.05, 0.1) is 0 Å². The summed E-state index contributed by atoms with van der Waals surface area (Å²) >= 11 is 0. The van der Waals surface area contributed by atoms with Crippen LogP contribution in [0.2, 0.25) is 0 Å². The van der Waals surface area contributed by atoms with Crippen LogP contribution in [0.15, 0.2) is 46.9 Å². The van der Waals surface area contributed by atoms with Crippen LogP contribution in [0.5, 0.6) is 0 Å². The third-order valence-corrected chi connectivity index (χ3v) is 3.56. The molecule has 0 aliphatic carbocycles. The topological polar surface area (TPSA) is 55.1 Å². The Kier molecular flexibility index (Phi) is 4.15. The molecule has 4 heteroatoms. The Balaban J connectivity index is 1.86. The summed E-state index contributed by atoms with van der Waals surface area (Å²) in [6.45, 7) is 6.09. The SMILES string of the molecule is Cc1ccc(-c2nc3cc(NC(=O)CC(C)C)ccc3o2)cc1. The van der Waals surface area contributed by atoms with Gasteiger partial charge in [0.25, 0.3) is 0 Å². The number of aromatic nitrogens is 1. The predicted octanol–water partition coefficient (Wildman–Crippen LogP) is 4.79. The molecule has 0 atom stereocenters. The first kappa shape index (κ1) is 15.3. The molecule has 4 nitrogen and oxygen atoms in total. The van der Waals surface area contributed by atoms with E-state index in [-0.39, 0.29) is 5.91 Å². The van der Waals surface area contributed by atoms with E-state index in [9.17, 15) is 4.79 Å². The summed E-state index contributed by atoms with van der Waals surface area (Å²) < 4.78 is 5.79. The molecule has 2 aromatic carbocycles. The third kappa shape index (κ3) is 3.59. The Hall–Kier alpha value is -2.62. The fourth-order valence-corrected chi connectivity index (χ4v) is 2.41. The van der Waals surface area contributed by atoms with Gasteiger partial charge < -0.3 is 9.73 Å². The largest absolute Gasteiger partial charge is 0.436 e. The normalized spacial score (nSPS) is 11.1. The zero-order valence-corrected chi connectivity index (χ0v) is 13.6. The molecule has 1 aromatic heterocycles. The lowest BCUT2D eigenvalue weighted by Gasteiger charge is -2.06. The number of nitrogens with zero attached hydrogens (tertiary/aromatic N) is 1. The van der Waals surface area contributed by atoms with Gasteiger partial charge in [-0.15, -0.1) is 0 Å². The average Bonchev–Trinajstić information content (AvgIpc) is 2.90. The summed E-state index contributed by atoms with van der Waals surface area (Å²) in [5, 5.41) is 2.90. The molecule has 0 radical (unpaired) electrons. The zero-order chi connectivity index (χ0) is 16.4. The highest BCUT2D eigenvalue weighted by molar-refractivity contribution is 5.93. The van der Waals surface area contributed by atoms with Crippen molar-refractivity contribution in [2.24, 2.45) is 5.92 Å². The first-order valence-electron chi connectivity index (χ1n) is 7.79. The second-order valence-electron chi connectivity index (χ2n) is 6.21. The van der Waals surface area contributed by atoms with Crippen molar-refractivity contribution in [2.45, 2.75) is 27.2 Å². The maximum atomic E-state index is 11.9. The molecule has 118 valence electrons. The lowest BCUT2D eigenvalue weighted by Crippen LogP contribution is -2.13. The second-order valence-corrected chi connectivity index (χ2v) is 6.21. The molecule has 0 fully saturated rings. The number of amides is 1. The van der Waals surface area contributed by atoms with E-state index in [1.165, 1.54) is 5.56 Å². The molecule has 23 heavy (non-hydrogen) atoms. The number of aryl methyl sites for hydroxylation is 1. The van der Waals surface area contributed by atoms with Gasteiger partial charge in [-0.2, -0.15) is 0 Å². The molecule has 1 heterocycles. The molecule has 0 saturated carbocycles. The van der Waals surface area contributed by atoms with E-state index in [4.69, 9.17) is 4.42 Å². The van der Waals surface area contributed by atoms with E-state index in [1.807, 2.05) is 63.2 Å². The number of nitrogens with one attached hydrogen (secondary N) is 1. The van der Waals surface area contributed by atoms with Gasteiger partial charge in [-0.3, -0.25) is 4.79 Å². The van der Waals surface area contributed by atoms with E-state index in [2.05, 4.69) is 10.3 Å². The third-order valence-electron chi connectivity index (χ3n) is 3.56. The van der Waals surface area contributed by atoms with Crippen LogP contribution in [-0.2, 0) is 4.79 Å². The minimum absolute atomic E-state index is 0.0154. The maximum absolute atomic E-state index is 11.9. The summed E-state index contributed by atoms with van der Waals surface area (Å²) in [7, 11) is 0. The summed E-state index contributed by atoms with van der Waals surface area (Å²) in [6.07, 6.45) is 0.505. The maximum Gasteiger partial charge on any atom is 0.227 e. The quantitative estimate of drug-likeness (QED) is 0.754. The number of carbonyl (C=O) groups excluding carboxylic acids is 1. The summed E-state index contributed by atoms with van der Waals surface area (Å²) in [5.41, 5.74) is 4.33. The zero-order valence-electron chi connectivity index (χ0n) is 13.6. The van der Waals surface area contributed by atoms with Crippen LogP contribution in [0, 0.1) is 12.8 Å². The standard InChI is InChI=1S/C19H20N2O2/c1-12(2)10-18(22)20-15-8-9-17-16(11-15)21-19(23-17)14-6-4-13(3)5-7-14/h4-9,11-12H,10H2,1-3H3,(H,20,22). The number of oxazole rings is 1. The number of rotatable bonds is 4. The van der Waals surface area contributed by atoms with Crippen molar-refractivity contribution in [3.8, 4) is 11.5 Å². The Morgan fingerprint density at radius 2 is 1.91 bits per heavy atom. The number of hydrogen-bond acceptors (Lipinski definition) is 3. The van der Waals surface area contributed by atoms with E-state index in [1.54, 1.807) is 0 Å². The molecule has 0 aliphatic heterocycles. The molecule has 0 saturated heterocycles. The summed E-state index contributed by atoms with van der Waals surface area (Å²) in [6, 6.07) is 13.6. The smallest absolute Gasteiger partial charge is 0.227 e. The number of fused-ring (bicyclic) bond motifs is 1. The molecule has 0 spiro atoms. The lowest BCUT2D eigenvalue weighted by molar-refractivity contribution is -0.116. The van der Waals surface area contributed by atoms with Crippen molar-refractivity contribution in [1.29, 1.82) is 0 Å².